The molecule has 1 aromatic carbocycles. The zero-order chi connectivity index (χ0) is 16.8. The fourth-order valence-corrected chi connectivity index (χ4v) is 4.28. The van der Waals surface area contributed by atoms with Gasteiger partial charge in [-0.25, -0.2) is 4.90 Å². The third-order valence-electron chi connectivity index (χ3n) is 4.55. The molecule has 2 heterocycles. The lowest BCUT2D eigenvalue weighted by Crippen LogP contribution is -2.31. The van der Waals surface area contributed by atoms with Gasteiger partial charge in [-0.05, 0) is 43.9 Å². The minimum Gasteiger partial charge on any atom is -0.287 e. The Balaban J connectivity index is 1.82. The Morgan fingerprint density at radius 1 is 1.08 bits per heavy atom. The second-order valence-corrected chi connectivity index (χ2v) is 6.91. The second kappa shape index (κ2) is 5.46. The van der Waals surface area contributed by atoms with Crippen LogP contribution in [0, 0.1) is 12.3 Å². The molecule has 1 aliphatic carbocycles. The number of fused-ring (bicyclic) bond motifs is 1. The minimum atomic E-state index is -0.227. The normalized spacial score (nSPS) is 17.5. The van der Waals surface area contributed by atoms with Crippen LogP contribution in [0.25, 0.3) is 10.2 Å². The summed E-state index contributed by atoms with van der Waals surface area (Å²) < 4.78 is 2.28. The van der Waals surface area contributed by atoms with Gasteiger partial charge in [-0.2, -0.15) is 0 Å². The Hall–Kier alpha value is -2.65. The van der Waals surface area contributed by atoms with Crippen molar-refractivity contribution in [3.05, 3.63) is 39.0 Å². The Kier molecular flexibility index (Phi) is 3.39. The molecule has 0 atom stereocenters. The van der Waals surface area contributed by atoms with E-state index >= 15 is 0 Å². The molecule has 0 bridgehead atoms. The molecule has 2 amide bonds. The highest BCUT2D eigenvalue weighted by molar-refractivity contribution is 7.16. The van der Waals surface area contributed by atoms with Crippen molar-refractivity contribution >= 4 is 39.1 Å². The molecule has 5 nitrogen and oxygen atoms in total. The molecular weight excluding hydrogens is 324 g/mol. The molecular formula is C18H14N2O3S. The molecule has 1 aliphatic heterocycles. The predicted molar refractivity (Wildman–Crippen MR) is 92.9 cm³/mol. The van der Waals surface area contributed by atoms with Crippen molar-refractivity contribution in [3.63, 3.8) is 0 Å². The minimum absolute atomic E-state index is 0.142. The Bertz CT molecular complexity index is 991. The summed E-state index contributed by atoms with van der Waals surface area (Å²) in [5, 5.41) is 0. The number of amides is 2. The lowest BCUT2D eigenvalue weighted by Gasteiger charge is -2.15. The van der Waals surface area contributed by atoms with Gasteiger partial charge in [0.05, 0.1) is 22.4 Å². The number of benzene rings is 1. The smallest absolute Gasteiger partial charge is 0.287 e. The van der Waals surface area contributed by atoms with Gasteiger partial charge in [0.1, 0.15) is 0 Å². The van der Waals surface area contributed by atoms with Crippen molar-refractivity contribution in [3.8, 4) is 12.3 Å². The van der Waals surface area contributed by atoms with Crippen LogP contribution in [0.2, 0.25) is 0 Å². The molecule has 2 aliphatic rings. The van der Waals surface area contributed by atoms with Gasteiger partial charge in [0.2, 0.25) is 0 Å². The number of terminal acetylenes is 1. The standard InChI is InChI=1S/C18H14N2O3S/c1-2-9-19-14-10-11(7-8-15(14)24-18(19)23)20-16(21)12-5-3-4-6-13(12)17(20)22/h1,7-8,10H,3-6,9H2. The Labute approximate surface area is 142 Å². The summed E-state index contributed by atoms with van der Waals surface area (Å²) in [6, 6.07) is 5.19. The van der Waals surface area contributed by atoms with E-state index in [1.807, 2.05) is 0 Å². The van der Waals surface area contributed by atoms with Crippen molar-refractivity contribution in [1.29, 1.82) is 0 Å². The summed E-state index contributed by atoms with van der Waals surface area (Å²) in [7, 11) is 0. The van der Waals surface area contributed by atoms with Crippen molar-refractivity contribution in [2.24, 2.45) is 0 Å². The van der Waals surface area contributed by atoms with Crippen molar-refractivity contribution in [2.75, 3.05) is 4.90 Å². The molecule has 1 aromatic heterocycles. The highest BCUT2D eigenvalue weighted by Crippen LogP contribution is 2.36. The Morgan fingerprint density at radius 3 is 2.38 bits per heavy atom. The van der Waals surface area contributed by atoms with E-state index in [4.69, 9.17) is 6.42 Å². The molecule has 0 saturated heterocycles. The van der Waals surface area contributed by atoms with E-state index in [1.165, 1.54) is 9.47 Å². The molecule has 4 rings (SSSR count). The molecule has 0 N–H and O–H groups in total. The molecule has 2 aromatic rings. The van der Waals surface area contributed by atoms with Crippen LogP contribution >= 0.6 is 11.3 Å². The first-order valence-corrected chi connectivity index (χ1v) is 8.61. The third kappa shape index (κ3) is 2.05. The maximum atomic E-state index is 12.7. The number of aromatic nitrogens is 1. The molecule has 0 saturated carbocycles. The SMILES string of the molecule is C#CCn1c(=O)sc2ccc(N3C(=O)C4=C(CCCC4)C3=O)cc21. The largest absolute Gasteiger partial charge is 0.309 e. The van der Waals surface area contributed by atoms with Gasteiger partial charge in [0.15, 0.2) is 0 Å². The topological polar surface area (TPSA) is 59.4 Å². The Morgan fingerprint density at radius 2 is 1.75 bits per heavy atom. The van der Waals surface area contributed by atoms with Crippen molar-refractivity contribution < 1.29 is 9.59 Å². The van der Waals surface area contributed by atoms with E-state index < -0.39 is 0 Å². The van der Waals surface area contributed by atoms with Crippen LogP contribution in [0.1, 0.15) is 25.7 Å². The van der Waals surface area contributed by atoms with E-state index in [2.05, 4.69) is 5.92 Å². The number of thiazole rings is 1. The van der Waals surface area contributed by atoms with Crippen LogP contribution in [0.5, 0.6) is 0 Å². The predicted octanol–water partition coefficient (Wildman–Crippen LogP) is 2.44. The summed E-state index contributed by atoms with van der Waals surface area (Å²) in [6.45, 7) is 0.166. The second-order valence-electron chi connectivity index (χ2n) is 5.92. The highest BCUT2D eigenvalue weighted by Gasteiger charge is 2.39. The quantitative estimate of drug-likeness (QED) is 0.624. The lowest BCUT2D eigenvalue weighted by atomic mass is 9.93. The molecule has 6 heteroatoms. The number of carbonyl (C=O) groups excluding carboxylic acids is 2. The monoisotopic (exact) mass is 338 g/mol. The van der Waals surface area contributed by atoms with Gasteiger partial charge in [0, 0.05) is 11.1 Å². The van der Waals surface area contributed by atoms with Gasteiger partial charge in [-0.15, -0.1) is 6.42 Å². The first-order chi connectivity index (χ1) is 11.6. The number of rotatable bonds is 2. The van der Waals surface area contributed by atoms with Crippen LogP contribution in [0.3, 0.4) is 0 Å². The van der Waals surface area contributed by atoms with E-state index in [-0.39, 0.29) is 23.2 Å². The summed E-state index contributed by atoms with van der Waals surface area (Å²) in [5.74, 6) is 2.01. The van der Waals surface area contributed by atoms with Gasteiger partial charge < -0.3 is 0 Å². The van der Waals surface area contributed by atoms with E-state index in [1.54, 1.807) is 18.2 Å². The highest BCUT2D eigenvalue weighted by atomic mass is 32.1. The summed E-state index contributed by atoms with van der Waals surface area (Å²) in [6.07, 6.45) is 8.55. The van der Waals surface area contributed by atoms with E-state index in [0.717, 1.165) is 28.9 Å². The molecule has 0 spiro atoms. The average molecular weight is 338 g/mol. The number of carbonyl (C=O) groups is 2. The van der Waals surface area contributed by atoms with Crippen LogP contribution in [-0.4, -0.2) is 16.4 Å². The van der Waals surface area contributed by atoms with E-state index in [9.17, 15) is 14.4 Å². The molecule has 120 valence electrons. The zero-order valence-corrected chi connectivity index (χ0v) is 13.7. The first-order valence-electron chi connectivity index (χ1n) is 7.79. The summed E-state index contributed by atoms with van der Waals surface area (Å²) in [5.41, 5.74) is 2.46. The maximum Gasteiger partial charge on any atom is 0.309 e. The van der Waals surface area contributed by atoms with Crippen LogP contribution in [-0.2, 0) is 16.1 Å². The number of nitrogens with zero attached hydrogens (tertiary/aromatic N) is 2. The molecule has 0 unspecified atom stereocenters. The van der Waals surface area contributed by atoms with Gasteiger partial charge >= 0.3 is 4.87 Å². The van der Waals surface area contributed by atoms with Crippen LogP contribution < -0.4 is 9.77 Å². The number of hydrogen-bond acceptors (Lipinski definition) is 4. The fraction of sp³-hybridized carbons (Fsp3) is 0.278. The van der Waals surface area contributed by atoms with Gasteiger partial charge in [0.25, 0.3) is 11.8 Å². The third-order valence-corrected chi connectivity index (χ3v) is 5.51. The number of imide groups is 1. The summed E-state index contributed by atoms with van der Waals surface area (Å²) >= 11 is 1.10. The van der Waals surface area contributed by atoms with Crippen LogP contribution in [0.15, 0.2) is 34.1 Å². The van der Waals surface area contributed by atoms with E-state index in [0.29, 0.717) is 35.2 Å². The zero-order valence-electron chi connectivity index (χ0n) is 12.9. The van der Waals surface area contributed by atoms with Gasteiger partial charge in [-0.3, -0.25) is 19.0 Å². The molecule has 0 radical (unpaired) electrons. The maximum absolute atomic E-state index is 12.7. The number of anilines is 1. The van der Waals surface area contributed by atoms with Crippen molar-refractivity contribution in [2.45, 2.75) is 32.2 Å². The molecule has 24 heavy (non-hydrogen) atoms. The number of hydrogen-bond donors (Lipinski definition) is 0. The van der Waals surface area contributed by atoms with Crippen LogP contribution in [0.4, 0.5) is 5.69 Å². The molecule has 0 fully saturated rings. The lowest BCUT2D eigenvalue weighted by molar-refractivity contribution is -0.120. The fourth-order valence-electron chi connectivity index (χ4n) is 3.40. The first kappa shape index (κ1) is 14.9. The van der Waals surface area contributed by atoms with Gasteiger partial charge in [-0.1, -0.05) is 17.3 Å². The van der Waals surface area contributed by atoms with Crippen molar-refractivity contribution in [1.82, 2.24) is 4.57 Å². The summed E-state index contributed by atoms with van der Waals surface area (Å²) in [4.78, 5) is 38.4. The average Bonchev–Trinajstić information content (AvgIpc) is 3.03.